The summed E-state index contributed by atoms with van der Waals surface area (Å²) in [4.78, 5) is 16.6. The maximum Gasteiger partial charge on any atom is 0.238 e. The first kappa shape index (κ1) is 19.0. The summed E-state index contributed by atoms with van der Waals surface area (Å²) in [7, 11) is 0. The van der Waals surface area contributed by atoms with Crippen molar-refractivity contribution in [3.8, 4) is 23.5 Å². The number of nitrogens with two attached hydrogens (primary N) is 1. The van der Waals surface area contributed by atoms with Crippen LogP contribution >= 0.6 is 11.8 Å². The average molecular weight is 394 g/mol. The predicted octanol–water partition coefficient (Wildman–Crippen LogP) is 3.08. The second-order valence-corrected chi connectivity index (χ2v) is 7.03. The Morgan fingerprint density at radius 1 is 1.36 bits per heavy atom. The van der Waals surface area contributed by atoms with Gasteiger partial charge in [0, 0.05) is 6.07 Å². The van der Waals surface area contributed by atoms with E-state index in [-0.39, 0.29) is 33.4 Å². The second kappa shape index (κ2) is 7.86. The minimum Gasteiger partial charge on any atom is -0.464 e. The molecule has 9 nitrogen and oxygen atoms in total. The number of anilines is 2. The van der Waals surface area contributed by atoms with Gasteiger partial charge in [-0.05, 0) is 26.0 Å². The molecule has 0 aromatic carbocycles. The van der Waals surface area contributed by atoms with Crippen LogP contribution in [-0.4, -0.2) is 21.3 Å². The van der Waals surface area contributed by atoms with Crippen molar-refractivity contribution in [1.29, 1.82) is 10.5 Å². The highest BCUT2D eigenvalue weighted by Gasteiger charge is 2.25. The van der Waals surface area contributed by atoms with Crippen molar-refractivity contribution in [3.63, 3.8) is 0 Å². The molecular formula is C18H14N6O3S. The molecule has 10 heteroatoms. The number of nitrogen functional groups attached to an aromatic ring is 1. The normalized spacial score (nSPS) is 11.4. The molecule has 1 atom stereocenters. The van der Waals surface area contributed by atoms with Gasteiger partial charge < -0.3 is 20.0 Å². The fourth-order valence-electron chi connectivity index (χ4n) is 2.42. The van der Waals surface area contributed by atoms with Gasteiger partial charge in [0.05, 0.1) is 22.6 Å². The summed E-state index contributed by atoms with van der Waals surface area (Å²) in [5, 5.41) is 25.0. The van der Waals surface area contributed by atoms with Crippen molar-refractivity contribution in [1.82, 2.24) is 10.1 Å². The van der Waals surface area contributed by atoms with E-state index in [0.717, 1.165) is 11.8 Å². The Hall–Kier alpha value is -3.76. The highest BCUT2D eigenvalue weighted by Crippen LogP contribution is 2.37. The molecule has 3 heterocycles. The van der Waals surface area contributed by atoms with Gasteiger partial charge >= 0.3 is 0 Å². The molecule has 28 heavy (non-hydrogen) atoms. The fourth-order valence-corrected chi connectivity index (χ4v) is 3.34. The van der Waals surface area contributed by atoms with E-state index in [9.17, 15) is 15.3 Å². The minimum atomic E-state index is -0.631. The van der Waals surface area contributed by atoms with E-state index in [4.69, 9.17) is 14.7 Å². The van der Waals surface area contributed by atoms with Crippen LogP contribution in [0.15, 0.2) is 38.4 Å². The van der Waals surface area contributed by atoms with Crippen LogP contribution in [0.5, 0.6) is 0 Å². The molecule has 0 aliphatic rings. The highest BCUT2D eigenvalue weighted by molar-refractivity contribution is 8.00. The third kappa shape index (κ3) is 3.68. The van der Waals surface area contributed by atoms with Crippen LogP contribution < -0.4 is 11.1 Å². The summed E-state index contributed by atoms with van der Waals surface area (Å²) in [6.07, 6.45) is 1.43. The average Bonchev–Trinajstić information content (AvgIpc) is 3.33. The molecule has 1 unspecified atom stereocenters. The Kier molecular flexibility index (Phi) is 5.34. The summed E-state index contributed by atoms with van der Waals surface area (Å²) in [5.41, 5.74) is 6.33. The van der Waals surface area contributed by atoms with Gasteiger partial charge in [0.25, 0.3) is 0 Å². The number of pyridine rings is 1. The van der Waals surface area contributed by atoms with Gasteiger partial charge in [-0.3, -0.25) is 4.79 Å². The van der Waals surface area contributed by atoms with Gasteiger partial charge in [0.2, 0.25) is 5.91 Å². The number of furan rings is 1. The van der Waals surface area contributed by atoms with Crippen LogP contribution in [0, 0.1) is 29.6 Å². The van der Waals surface area contributed by atoms with Gasteiger partial charge in [0.15, 0.2) is 5.82 Å². The molecule has 0 aliphatic carbocycles. The number of carbonyl (C=O) groups excluding carboxylic acids is 1. The van der Waals surface area contributed by atoms with E-state index in [2.05, 4.69) is 15.5 Å². The Morgan fingerprint density at radius 3 is 2.68 bits per heavy atom. The topological polar surface area (TPSA) is 155 Å². The van der Waals surface area contributed by atoms with Gasteiger partial charge in [0.1, 0.15) is 40.1 Å². The lowest BCUT2D eigenvalue weighted by Gasteiger charge is -2.14. The lowest BCUT2D eigenvalue weighted by atomic mass is 10.0. The Morgan fingerprint density at radius 2 is 2.11 bits per heavy atom. The van der Waals surface area contributed by atoms with E-state index >= 15 is 0 Å². The third-order valence-electron chi connectivity index (χ3n) is 3.72. The lowest BCUT2D eigenvalue weighted by Crippen LogP contribution is -2.23. The zero-order valence-corrected chi connectivity index (χ0v) is 15.7. The van der Waals surface area contributed by atoms with Crippen LogP contribution in [0.25, 0.3) is 11.3 Å². The molecule has 3 N–H and O–H groups in total. The first-order valence-corrected chi connectivity index (χ1v) is 8.91. The smallest absolute Gasteiger partial charge is 0.238 e. The third-order valence-corrected chi connectivity index (χ3v) is 4.81. The molecule has 0 saturated carbocycles. The Balaban J connectivity index is 1.95. The van der Waals surface area contributed by atoms with Gasteiger partial charge in [-0.1, -0.05) is 16.9 Å². The number of hydrogen-bond acceptors (Lipinski definition) is 9. The first-order chi connectivity index (χ1) is 13.4. The highest BCUT2D eigenvalue weighted by atomic mass is 32.2. The van der Waals surface area contributed by atoms with Crippen molar-refractivity contribution in [2.75, 3.05) is 11.1 Å². The monoisotopic (exact) mass is 394 g/mol. The Bertz CT molecular complexity index is 1110. The molecule has 3 rings (SSSR count). The summed E-state index contributed by atoms with van der Waals surface area (Å²) in [5.74, 6) is 0.770. The molecule has 3 aromatic heterocycles. The van der Waals surface area contributed by atoms with Crippen molar-refractivity contribution in [2.24, 2.45) is 0 Å². The molecule has 0 fully saturated rings. The number of nitrogens with one attached hydrogen (secondary N) is 1. The maximum atomic E-state index is 12.4. The number of nitrogens with zero attached hydrogens (tertiary/aromatic N) is 4. The number of thioether (sulfide) groups is 1. The fraction of sp³-hybridized carbons (Fsp3) is 0.167. The molecule has 0 aliphatic heterocycles. The second-order valence-electron chi connectivity index (χ2n) is 5.70. The van der Waals surface area contributed by atoms with E-state index in [1.54, 1.807) is 32.0 Å². The minimum absolute atomic E-state index is 0.0462. The quantitative estimate of drug-likeness (QED) is 0.621. The molecule has 3 aromatic rings. The number of hydrogen-bond donors (Lipinski definition) is 2. The van der Waals surface area contributed by atoms with Crippen molar-refractivity contribution >= 4 is 29.3 Å². The van der Waals surface area contributed by atoms with E-state index in [1.807, 2.05) is 12.1 Å². The summed E-state index contributed by atoms with van der Waals surface area (Å²) in [6.45, 7) is 3.36. The zero-order valence-electron chi connectivity index (χ0n) is 14.9. The number of aryl methyl sites for hydroxylation is 1. The number of amides is 1. The lowest BCUT2D eigenvalue weighted by molar-refractivity contribution is -0.115. The number of nitriles is 2. The predicted molar refractivity (Wildman–Crippen MR) is 101 cm³/mol. The van der Waals surface area contributed by atoms with Crippen LogP contribution in [0.2, 0.25) is 0 Å². The summed E-state index contributed by atoms with van der Waals surface area (Å²) < 4.78 is 10.3. The van der Waals surface area contributed by atoms with Crippen LogP contribution in [0.3, 0.4) is 0 Å². The van der Waals surface area contributed by atoms with Gasteiger partial charge in [-0.25, -0.2) is 4.98 Å². The van der Waals surface area contributed by atoms with E-state index < -0.39 is 5.25 Å². The molecule has 0 saturated heterocycles. The number of aromatic nitrogens is 2. The molecule has 1 amide bonds. The summed E-state index contributed by atoms with van der Waals surface area (Å²) >= 11 is 1.04. The molecular weight excluding hydrogens is 380 g/mol. The molecule has 0 radical (unpaired) electrons. The standard InChI is InChI=1S/C18H14N6O3S/c1-9-6-14(24-27-9)22-17(25)10(2)28-18-12(8-20)15(13-4-3-5-26-13)11(7-19)16(21)23-18/h3-6,10H,1-2H3,(H2,21,23)(H,22,24,25). The van der Waals surface area contributed by atoms with E-state index in [1.165, 1.54) is 6.26 Å². The maximum absolute atomic E-state index is 12.4. The van der Waals surface area contributed by atoms with Crippen molar-refractivity contribution < 1.29 is 13.7 Å². The van der Waals surface area contributed by atoms with Gasteiger partial charge in [-0.15, -0.1) is 0 Å². The molecule has 0 bridgehead atoms. The Labute approximate surface area is 164 Å². The molecule has 140 valence electrons. The van der Waals surface area contributed by atoms with E-state index in [0.29, 0.717) is 17.3 Å². The number of carbonyl (C=O) groups is 1. The van der Waals surface area contributed by atoms with Crippen LogP contribution in [0.1, 0.15) is 23.8 Å². The zero-order chi connectivity index (χ0) is 20.3. The molecule has 0 spiro atoms. The van der Waals surface area contributed by atoms with Crippen molar-refractivity contribution in [3.05, 3.63) is 41.3 Å². The summed E-state index contributed by atoms with van der Waals surface area (Å²) in [6, 6.07) is 8.84. The number of rotatable bonds is 5. The first-order valence-electron chi connectivity index (χ1n) is 8.03. The van der Waals surface area contributed by atoms with Crippen LogP contribution in [0.4, 0.5) is 11.6 Å². The van der Waals surface area contributed by atoms with Crippen molar-refractivity contribution in [2.45, 2.75) is 24.1 Å². The van der Waals surface area contributed by atoms with Crippen LogP contribution in [-0.2, 0) is 4.79 Å². The van der Waals surface area contributed by atoms with Gasteiger partial charge in [-0.2, -0.15) is 10.5 Å². The SMILES string of the molecule is Cc1cc(NC(=O)C(C)Sc2nc(N)c(C#N)c(-c3ccco3)c2C#N)no1. The largest absolute Gasteiger partial charge is 0.464 e.